The van der Waals surface area contributed by atoms with Crippen LogP contribution in [0, 0.1) is 0 Å². The molecule has 0 spiro atoms. The number of hydrogen-bond donors (Lipinski definition) is 4. The third-order valence-electron chi connectivity index (χ3n) is 3.80. The highest BCUT2D eigenvalue weighted by molar-refractivity contribution is 6.03. The lowest BCUT2D eigenvalue weighted by atomic mass is 9.98. The summed E-state index contributed by atoms with van der Waals surface area (Å²) in [5.74, 6) is -0.573. The minimum absolute atomic E-state index is 0.0922. The van der Waals surface area contributed by atoms with E-state index < -0.39 is 29.9 Å². The molecule has 0 aliphatic heterocycles. The van der Waals surface area contributed by atoms with Crippen molar-refractivity contribution in [3.63, 3.8) is 0 Å². The van der Waals surface area contributed by atoms with Gasteiger partial charge in [0.1, 0.15) is 11.7 Å². The van der Waals surface area contributed by atoms with Gasteiger partial charge in [-0.2, -0.15) is 5.10 Å². The molecule has 148 valence electrons. The Hall–Kier alpha value is -2.65. The largest absolute Gasteiger partial charge is 0.465 e. The van der Waals surface area contributed by atoms with Crippen LogP contribution in [0.4, 0.5) is 4.79 Å². The average Bonchev–Trinajstić information content (AvgIpc) is 3.06. The molecule has 0 aliphatic carbocycles. The molecule has 0 bridgehead atoms. The van der Waals surface area contributed by atoms with E-state index in [-0.39, 0.29) is 18.5 Å². The Bertz CT molecular complexity index is 811. The van der Waals surface area contributed by atoms with Crippen molar-refractivity contribution in [2.75, 3.05) is 13.7 Å². The van der Waals surface area contributed by atoms with Gasteiger partial charge < -0.3 is 25.0 Å². The Morgan fingerprint density at radius 2 is 2.00 bits per heavy atom. The second-order valence-electron chi connectivity index (χ2n) is 7.12. The van der Waals surface area contributed by atoms with Crippen molar-refractivity contribution in [3.05, 3.63) is 29.5 Å². The van der Waals surface area contributed by atoms with E-state index >= 15 is 0 Å². The normalized spacial score (nSPS) is 13.9. The Kier molecular flexibility index (Phi) is 6.40. The van der Waals surface area contributed by atoms with Crippen molar-refractivity contribution in [1.82, 2.24) is 15.5 Å². The van der Waals surface area contributed by atoms with Gasteiger partial charge in [-0.25, -0.2) is 9.59 Å². The number of carbonyl (C=O) groups is 2. The number of esters is 1. The summed E-state index contributed by atoms with van der Waals surface area (Å²) in [6, 6.07) is 3.06. The first-order valence-electron chi connectivity index (χ1n) is 8.50. The number of ether oxygens (including phenoxy) is 2. The van der Waals surface area contributed by atoms with Gasteiger partial charge in [0.15, 0.2) is 0 Å². The van der Waals surface area contributed by atoms with Crippen LogP contribution >= 0.6 is 0 Å². The molecule has 0 fully saturated rings. The maximum absolute atomic E-state index is 12.0. The fraction of sp³-hybridized carbons (Fsp3) is 0.500. The van der Waals surface area contributed by atoms with Crippen molar-refractivity contribution in [1.29, 1.82) is 0 Å². The van der Waals surface area contributed by atoms with Gasteiger partial charge in [-0.1, -0.05) is 0 Å². The van der Waals surface area contributed by atoms with Gasteiger partial charge in [0.05, 0.1) is 30.5 Å². The third kappa shape index (κ3) is 5.41. The van der Waals surface area contributed by atoms with Gasteiger partial charge in [0, 0.05) is 11.9 Å². The quantitative estimate of drug-likeness (QED) is 0.561. The molecule has 1 amide bonds. The Morgan fingerprint density at radius 1 is 1.30 bits per heavy atom. The Morgan fingerprint density at radius 3 is 2.63 bits per heavy atom. The number of H-pyrrole nitrogens is 1. The molecule has 9 nitrogen and oxygen atoms in total. The Labute approximate surface area is 156 Å². The zero-order valence-corrected chi connectivity index (χ0v) is 15.8. The first-order chi connectivity index (χ1) is 12.6. The van der Waals surface area contributed by atoms with Crippen LogP contribution < -0.4 is 5.32 Å². The number of benzene rings is 1. The third-order valence-corrected chi connectivity index (χ3v) is 3.80. The molecular formula is C18H25N3O6. The fourth-order valence-electron chi connectivity index (χ4n) is 2.54. The number of methoxy groups -OCH3 is 1. The minimum Gasteiger partial charge on any atom is -0.465 e. The summed E-state index contributed by atoms with van der Waals surface area (Å²) in [6.07, 6.45) is -1.45. The summed E-state index contributed by atoms with van der Waals surface area (Å²) in [7, 11) is 1.26. The van der Waals surface area contributed by atoms with E-state index in [2.05, 4.69) is 15.5 Å². The molecule has 0 saturated carbocycles. The summed E-state index contributed by atoms with van der Waals surface area (Å²) in [5.41, 5.74) is 0.478. The SMILES string of the molecule is COC(=O)c1cc(C(O)C(O)CCNC(=O)OC(C)(C)C)cc2[nH]ncc12. The molecule has 2 unspecified atom stereocenters. The predicted molar refractivity (Wildman–Crippen MR) is 97.3 cm³/mol. The average molecular weight is 379 g/mol. The number of aromatic nitrogens is 2. The smallest absolute Gasteiger partial charge is 0.407 e. The zero-order chi connectivity index (χ0) is 20.2. The zero-order valence-electron chi connectivity index (χ0n) is 15.8. The molecule has 1 heterocycles. The van der Waals surface area contributed by atoms with E-state index in [4.69, 9.17) is 9.47 Å². The van der Waals surface area contributed by atoms with E-state index in [0.29, 0.717) is 16.5 Å². The molecule has 2 atom stereocenters. The Balaban J connectivity index is 2.05. The van der Waals surface area contributed by atoms with Crippen LogP contribution in [0.2, 0.25) is 0 Å². The van der Waals surface area contributed by atoms with Crippen molar-refractivity contribution >= 4 is 23.0 Å². The number of fused-ring (bicyclic) bond motifs is 1. The lowest BCUT2D eigenvalue weighted by molar-refractivity contribution is 0.0123. The van der Waals surface area contributed by atoms with Gasteiger partial charge in [0.25, 0.3) is 0 Å². The fourth-order valence-corrected chi connectivity index (χ4v) is 2.54. The molecule has 1 aromatic carbocycles. The molecule has 4 N–H and O–H groups in total. The van der Waals surface area contributed by atoms with Crippen LogP contribution in [0.25, 0.3) is 10.9 Å². The van der Waals surface area contributed by atoms with Gasteiger partial charge in [0.2, 0.25) is 0 Å². The lowest BCUT2D eigenvalue weighted by Crippen LogP contribution is -2.34. The number of nitrogens with one attached hydrogen (secondary N) is 2. The van der Waals surface area contributed by atoms with Crippen molar-refractivity contribution in [3.8, 4) is 0 Å². The van der Waals surface area contributed by atoms with Crippen LogP contribution in [-0.4, -0.2) is 57.8 Å². The number of carbonyl (C=O) groups excluding carboxylic acids is 2. The number of rotatable bonds is 6. The molecule has 0 radical (unpaired) electrons. The number of alkyl carbamates (subject to hydrolysis) is 1. The number of aliphatic hydroxyl groups is 2. The number of nitrogens with zero attached hydrogens (tertiary/aromatic N) is 1. The standard InChI is InChI=1S/C18H25N3O6/c1-18(2,3)27-17(25)19-6-5-14(22)15(23)10-7-11(16(24)26-4)12-9-20-21-13(12)8-10/h7-9,14-15,22-23H,5-6H2,1-4H3,(H,19,25)(H,20,21). The summed E-state index contributed by atoms with van der Waals surface area (Å²) in [5, 5.41) is 30.4. The summed E-state index contributed by atoms with van der Waals surface area (Å²) < 4.78 is 9.86. The highest BCUT2D eigenvalue weighted by Gasteiger charge is 2.23. The van der Waals surface area contributed by atoms with E-state index in [1.165, 1.54) is 19.4 Å². The molecule has 2 aromatic rings. The van der Waals surface area contributed by atoms with E-state index in [1.807, 2.05) is 0 Å². The van der Waals surface area contributed by atoms with E-state index in [0.717, 1.165) is 0 Å². The number of aromatic amines is 1. The molecule has 9 heteroatoms. The van der Waals surface area contributed by atoms with Gasteiger partial charge >= 0.3 is 12.1 Å². The van der Waals surface area contributed by atoms with Crippen LogP contribution in [0.5, 0.6) is 0 Å². The molecule has 0 saturated heterocycles. The second kappa shape index (κ2) is 8.36. The highest BCUT2D eigenvalue weighted by Crippen LogP contribution is 2.26. The van der Waals surface area contributed by atoms with E-state index in [1.54, 1.807) is 26.8 Å². The van der Waals surface area contributed by atoms with Crippen LogP contribution in [0.15, 0.2) is 18.3 Å². The first-order valence-corrected chi connectivity index (χ1v) is 8.50. The van der Waals surface area contributed by atoms with Crippen LogP contribution in [-0.2, 0) is 9.47 Å². The van der Waals surface area contributed by atoms with Crippen molar-refractivity contribution in [2.24, 2.45) is 0 Å². The summed E-state index contributed by atoms with van der Waals surface area (Å²) in [6.45, 7) is 5.35. The van der Waals surface area contributed by atoms with Gasteiger partial charge in [-0.15, -0.1) is 0 Å². The van der Waals surface area contributed by atoms with Gasteiger partial charge in [-0.3, -0.25) is 5.10 Å². The molecular weight excluding hydrogens is 354 g/mol. The monoisotopic (exact) mass is 379 g/mol. The lowest BCUT2D eigenvalue weighted by Gasteiger charge is -2.21. The number of aliphatic hydroxyl groups excluding tert-OH is 2. The number of hydrogen-bond acceptors (Lipinski definition) is 7. The van der Waals surface area contributed by atoms with Crippen molar-refractivity contribution < 1.29 is 29.3 Å². The van der Waals surface area contributed by atoms with Gasteiger partial charge in [-0.05, 0) is 44.9 Å². The molecule has 27 heavy (non-hydrogen) atoms. The van der Waals surface area contributed by atoms with Crippen LogP contribution in [0.1, 0.15) is 49.2 Å². The van der Waals surface area contributed by atoms with Crippen LogP contribution in [0.3, 0.4) is 0 Å². The number of amides is 1. The molecule has 0 aliphatic rings. The minimum atomic E-state index is -1.26. The molecule has 2 rings (SSSR count). The summed E-state index contributed by atoms with van der Waals surface area (Å²) in [4.78, 5) is 23.6. The predicted octanol–water partition coefficient (Wildman–Crippen LogP) is 1.66. The second-order valence-corrected chi connectivity index (χ2v) is 7.12. The van der Waals surface area contributed by atoms with Crippen molar-refractivity contribution in [2.45, 2.75) is 45.0 Å². The molecule has 1 aromatic heterocycles. The maximum atomic E-state index is 12.0. The topological polar surface area (TPSA) is 134 Å². The highest BCUT2D eigenvalue weighted by atomic mass is 16.6. The summed E-state index contributed by atoms with van der Waals surface area (Å²) >= 11 is 0. The van der Waals surface area contributed by atoms with E-state index in [9.17, 15) is 19.8 Å². The maximum Gasteiger partial charge on any atom is 0.407 e. The first kappa shape index (κ1) is 20.7.